The third kappa shape index (κ3) is 1.85. The maximum Gasteiger partial charge on any atom is 0.125 e. The fourth-order valence-corrected chi connectivity index (χ4v) is 3.55. The van der Waals surface area contributed by atoms with Crippen LogP contribution in [0.5, 0.6) is 5.75 Å². The molecule has 0 bridgehead atoms. The van der Waals surface area contributed by atoms with Crippen molar-refractivity contribution in [3.8, 4) is 5.75 Å². The number of methoxy groups -OCH3 is 1. The molecule has 0 unspecified atom stereocenters. The maximum atomic E-state index is 5.62. The van der Waals surface area contributed by atoms with Crippen LogP contribution in [0.15, 0.2) is 36.4 Å². The van der Waals surface area contributed by atoms with Crippen LogP contribution in [0, 0.1) is 0 Å². The quantitative estimate of drug-likeness (QED) is 0.719. The molecule has 2 aromatic rings. The minimum absolute atomic E-state index is 1.07. The van der Waals surface area contributed by atoms with E-state index in [0.717, 1.165) is 5.75 Å². The summed E-state index contributed by atoms with van der Waals surface area (Å²) in [5, 5.41) is 3.87. The number of benzene rings is 2. The van der Waals surface area contributed by atoms with Gasteiger partial charge >= 0.3 is 0 Å². The minimum Gasteiger partial charge on any atom is -0.496 e. The lowest BCUT2D eigenvalue weighted by molar-refractivity contribution is 0.423. The zero-order valence-electron chi connectivity index (χ0n) is 10.4. The number of rotatable bonds is 2. The Kier molecular flexibility index (Phi) is 2.76. The van der Waals surface area contributed by atoms with Gasteiger partial charge < -0.3 is 4.74 Å². The summed E-state index contributed by atoms with van der Waals surface area (Å²) < 4.78 is 5.62. The van der Waals surface area contributed by atoms with E-state index in [0.29, 0.717) is 0 Å². The highest BCUT2D eigenvalue weighted by molar-refractivity contribution is 6.89. The molecule has 0 fully saturated rings. The minimum atomic E-state index is -1.34. The smallest absolute Gasteiger partial charge is 0.125 e. The second-order valence-electron chi connectivity index (χ2n) is 5.12. The molecule has 0 saturated carbocycles. The summed E-state index contributed by atoms with van der Waals surface area (Å²) >= 11 is 0. The first-order valence-electron chi connectivity index (χ1n) is 5.60. The van der Waals surface area contributed by atoms with E-state index < -0.39 is 8.07 Å². The van der Waals surface area contributed by atoms with E-state index in [2.05, 4.69) is 56.0 Å². The summed E-state index contributed by atoms with van der Waals surface area (Å²) in [4.78, 5) is 0. The SMILES string of the molecule is COc1c([Si](C)(C)C)ccc2ccccc12. The van der Waals surface area contributed by atoms with Gasteiger partial charge in [-0.1, -0.05) is 56.0 Å². The summed E-state index contributed by atoms with van der Waals surface area (Å²) in [5.74, 6) is 1.07. The van der Waals surface area contributed by atoms with Gasteiger partial charge in [-0.15, -0.1) is 0 Å². The van der Waals surface area contributed by atoms with Crippen molar-refractivity contribution in [2.24, 2.45) is 0 Å². The topological polar surface area (TPSA) is 9.23 Å². The first-order chi connectivity index (χ1) is 7.54. The zero-order chi connectivity index (χ0) is 11.8. The number of fused-ring (bicyclic) bond motifs is 1. The number of ether oxygens (including phenoxy) is 1. The second-order valence-corrected chi connectivity index (χ2v) is 10.2. The van der Waals surface area contributed by atoms with Crippen LogP contribution < -0.4 is 9.92 Å². The molecule has 0 aliphatic carbocycles. The molecular formula is C14H18OSi. The van der Waals surface area contributed by atoms with Crippen molar-refractivity contribution >= 4 is 24.0 Å². The van der Waals surface area contributed by atoms with Gasteiger partial charge in [0.1, 0.15) is 5.75 Å². The van der Waals surface area contributed by atoms with Gasteiger partial charge in [-0.25, -0.2) is 0 Å². The molecule has 0 N–H and O–H groups in total. The average Bonchev–Trinajstić information content (AvgIpc) is 2.26. The van der Waals surface area contributed by atoms with Crippen molar-refractivity contribution in [2.45, 2.75) is 19.6 Å². The van der Waals surface area contributed by atoms with Crippen LogP contribution in [-0.2, 0) is 0 Å². The maximum absolute atomic E-state index is 5.62. The Balaban J connectivity index is 2.78. The molecule has 0 saturated heterocycles. The monoisotopic (exact) mass is 230 g/mol. The fourth-order valence-electron chi connectivity index (χ4n) is 2.05. The molecular weight excluding hydrogens is 212 g/mol. The van der Waals surface area contributed by atoms with Crippen molar-refractivity contribution in [3.05, 3.63) is 36.4 Å². The standard InChI is InChI=1S/C14H18OSi/c1-15-14-12-8-6-5-7-11(12)9-10-13(14)16(2,3)4/h5-10H,1-4H3. The summed E-state index contributed by atoms with van der Waals surface area (Å²) in [6.45, 7) is 7.04. The Bertz CT molecular complexity index is 512. The molecule has 1 nitrogen and oxygen atoms in total. The van der Waals surface area contributed by atoms with E-state index in [4.69, 9.17) is 4.74 Å². The Morgan fingerprint density at radius 2 is 1.62 bits per heavy atom. The lowest BCUT2D eigenvalue weighted by Crippen LogP contribution is -2.38. The highest BCUT2D eigenvalue weighted by Gasteiger charge is 2.22. The van der Waals surface area contributed by atoms with Crippen LogP contribution in [0.25, 0.3) is 10.8 Å². The molecule has 0 amide bonds. The predicted octanol–water partition coefficient (Wildman–Crippen LogP) is 3.39. The van der Waals surface area contributed by atoms with E-state index >= 15 is 0 Å². The van der Waals surface area contributed by atoms with Gasteiger partial charge in [-0.3, -0.25) is 0 Å². The molecule has 2 heteroatoms. The molecule has 16 heavy (non-hydrogen) atoms. The Hall–Kier alpha value is -1.28. The van der Waals surface area contributed by atoms with Crippen molar-refractivity contribution in [1.29, 1.82) is 0 Å². The predicted molar refractivity (Wildman–Crippen MR) is 73.5 cm³/mol. The van der Waals surface area contributed by atoms with Gasteiger partial charge in [0.2, 0.25) is 0 Å². The Morgan fingerprint density at radius 3 is 2.25 bits per heavy atom. The van der Waals surface area contributed by atoms with Gasteiger partial charge in [0, 0.05) is 5.39 Å². The third-order valence-corrected chi connectivity index (χ3v) is 4.90. The Morgan fingerprint density at radius 1 is 0.938 bits per heavy atom. The lowest BCUT2D eigenvalue weighted by Gasteiger charge is -2.21. The number of hydrogen-bond acceptors (Lipinski definition) is 1. The molecule has 2 aromatic carbocycles. The van der Waals surface area contributed by atoms with Gasteiger partial charge in [-0.2, -0.15) is 0 Å². The van der Waals surface area contributed by atoms with Crippen molar-refractivity contribution < 1.29 is 4.74 Å². The van der Waals surface area contributed by atoms with Crippen molar-refractivity contribution in [2.75, 3.05) is 7.11 Å². The number of hydrogen-bond donors (Lipinski definition) is 0. The molecule has 0 spiro atoms. The van der Waals surface area contributed by atoms with Crippen LogP contribution in [0.2, 0.25) is 19.6 Å². The van der Waals surface area contributed by atoms with E-state index in [1.807, 2.05) is 0 Å². The summed E-state index contributed by atoms with van der Waals surface area (Å²) in [6, 6.07) is 12.8. The highest BCUT2D eigenvalue weighted by Crippen LogP contribution is 2.25. The van der Waals surface area contributed by atoms with Crippen LogP contribution >= 0.6 is 0 Å². The van der Waals surface area contributed by atoms with Gasteiger partial charge in [0.25, 0.3) is 0 Å². The van der Waals surface area contributed by atoms with Gasteiger partial charge in [-0.05, 0) is 10.6 Å². The van der Waals surface area contributed by atoms with Crippen molar-refractivity contribution in [3.63, 3.8) is 0 Å². The molecule has 0 radical (unpaired) electrons. The molecule has 0 heterocycles. The fraction of sp³-hybridized carbons (Fsp3) is 0.286. The van der Waals surface area contributed by atoms with Gasteiger partial charge in [0.15, 0.2) is 0 Å². The highest BCUT2D eigenvalue weighted by atomic mass is 28.3. The van der Waals surface area contributed by atoms with Gasteiger partial charge in [0.05, 0.1) is 15.2 Å². The van der Waals surface area contributed by atoms with Crippen LogP contribution in [-0.4, -0.2) is 15.2 Å². The molecule has 2 rings (SSSR count). The van der Waals surface area contributed by atoms with Crippen LogP contribution in [0.3, 0.4) is 0 Å². The van der Waals surface area contributed by atoms with Crippen molar-refractivity contribution in [1.82, 2.24) is 0 Å². The average molecular weight is 230 g/mol. The molecule has 0 aliphatic rings. The first kappa shape index (κ1) is 11.2. The molecule has 0 aliphatic heterocycles. The van der Waals surface area contributed by atoms with E-state index in [-0.39, 0.29) is 0 Å². The Labute approximate surface area is 98.1 Å². The molecule has 0 atom stereocenters. The largest absolute Gasteiger partial charge is 0.496 e. The second kappa shape index (κ2) is 3.94. The van der Waals surface area contributed by atoms with E-state index in [1.54, 1.807) is 7.11 Å². The molecule has 84 valence electrons. The third-order valence-electron chi connectivity index (χ3n) is 2.89. The van der Waals surface area contributed by atoms with E-state index in [1.165, 1.54) is 16.0 Å². The summed E-state index contributed by atoms with van der Waals surface area (Å²) in [6.07, 6.45) is 0. The van der Waals surface area contributed by atoms with Crippen LogP contribution in [0.1, 0.15) is 0 Å². The first-order valence-corrected chi connectivity index (χ1v) is 9.10. The summed E-state index contributed by atoms with van der Waals surface area (Å²) in [7, 11) is 0.428. The molecule has 0 aromatic heterocycles. The van der Waals surface area contributed by atoms with Crippen LogP contribution in [0.4, 0.5) is 0 Å². The van der Waals surface area contributed by atoms with E-state index in [9.17, 15) is 0 Å². The zero-order valence-corrected chi connectivity index (χ0v) is 11.4. The lowest BCUT2D eigenvalue weighted by atomic mass is 10.1. The normalized spacial score (nSPS) is 11.8. The summed E-state index contributed by atoms with van der Waals surface area (Å²) in [5.41, 5.74) is 0.